The average molecular weight is 180 g/mol. The number of hydrogen-bond acceptors (Lipinski definition) is 4. The van der Waals surface area contributed by atoms with Gasteiger partial charge in [-0.2, -0.15) is 10.5 Å². The molecule has 0 aromatic carbocycles. The molecular weight excluding hydrogens is 168 g/mol. The zero-order chi connectivity index (χ0) is 9.90. The third-order valence-corrected chi connectivity index (χ3v) is 2.23. The van der Waals surface area contributed by atoms with Gasteiger partial charge in [-0.1, -0.05) is 13.8 Å². The maximum atomic E-state index is 8.74. The Morgan fingerprint density at radius 2 is 1.69 bits per heavy atom. The third kappa shape index (κ3) is 1.80. The lowest BCUT2D eigenvalue weighted by molar-refractivity contribution is -0.126. The zero-order valence-corrected chi connectivity index (χ0v) is 7.78. The van der Waals surface area contributed by atoms with Gasteiger partial charge in [0.05, 0.1) is 25.4 Å². The van der Waals surface area contributed by atoms with Gasteiger partial charge >= 0.3 is 0 Å². The Balaban J connectivity index is 2.75. The molecule has 0 unspecified atom stereocenters. The predicted octanol–water partition coefficient (Wildman–Crippen LogP) is 1.05. The third-order valence-electron chi connectivity index (χ3n) is 2.23. The Labute approximate surface area is 77.7 Å². The second kappa shape index (κ2) is 3.74. The molecule has 70 valence electrons. The van der Waals surface area contributed by atoms with Gasteiger partial charge in [0, 0.05) is 5.41 Å². The van der Waals surface area contributed by atoms with E-state index in [1.165, 1.54) is 0 Å². The van der Waals surface area contributed by atoms with Crippen LogP contribution in [0.15, 0.2) is 0 Å². The highest BCUT2D eigenvalue weighted by Gasteiger charge is 2.41. The number of nitriles is 2. The highest BCUT2D eigenvalue weighted by molar-refractivity contribution is 5.07. The molecule has 0 atom stereocenters. The van der Waals surface area contributed by atoms with E-state index in [0.717, 1.165) is 0 Å². The fraction of sp³-hybridized carbons (Fsp3) is 0.778. The van der Waals surface area contributed by atoms with E-state index in [0.29, 0.717) is 13.2 Å². The van der Waals surface area contributed by atoms with E-state index in [1.807, 2.05) is 12.1 Å². The van der Waals surface area contributed by atoms with E-state index in [9.17, 15) is 0 Å². The van der Waals surface area contributed by atoms with Gasteiger partial charge < -0.3 is 9.47 Å². The first kappa shape index (κ1) is 9.98. The highest BCUT2D eigenvalue weighted by atomic mass is 16.7. The minimum atomic E-state index is -0.699. The largest absolute Gasteiger partial charge is 0.350 e. The fourth-order valence-corrected chi connectivity index (χ4v) is 1.29. The van der Waals surface area contributed by atoms with E-state index >= 15 is 0 Å². The Morgan fingerprint density at radius 3 is 2.08 bits per heavy atom. The normalized spacial score (nSPS) is 18.5. The number of nitrogens with zero attached hydrogens (tertiary/aromatic N) is 2. The molecule has 0 saturated carbocycles. The number of rotatable bonds is 2. The number of hydrogen-bond donors (Lipinski definition) is 0. The summed E-state index contributed by atoms with van der Waals surface area (Å²) in [5.41, 5.74) is -0.569. The summed E-state index contributed by atoms with van der Waals surface area (Å²) in [4.78, 5) is 0. The molecule has 4 nitrogen and oxygen atoms in total. The van der Waals surface area contributed by atoms with E-state index in [-0.39, 0.29) is 0 Å². The minimum absolute atomic E-state index is 0.434. The maximum Gasteiger partial charge on any atom is 0.165 e. The molecule has 0 aromatic rings. The Morgan fingerprint density at radius 1 is 1.23 bits per heavy atom. The molecule has 0 N–H and O–H groups in total. The van der Waals surface area contributed by atoms with Gasteiger partial charge in [0.1, 0.15) is 5.92 Å². The quantitative estimate of drug-likeness (QED) is 0.637. The van der Waals surface area contributed by atoms with E-state index in [2.05, 4.69) is 0 Å². The van der Waals surface area contributed by atoms with Crippen molar-refractivity contribution in [1.82, 2.24) is 0 Å². The molecule has 13 heavy (non-hydrogen) atoms. The summed E-state index contributed by atoms with van der Waals surface area (Å²) in [6, 6.07) is 3.90. The van der Waals surface area contributed by atoms with Crippen molar-refractivity contribution in [3.05, 3.63) is 0 Å². The Hall–Kier alpha value is -1.10. The molecular formula is C9H12N2O2. The molecule has 0 spiro atoms. The van der Waals surface area contributed by atoms with Crippen molar-refractivity contribution in [3.63, 3.8) is 0 Å². The van der Waals surface area contributed by atoms with Gasteiger partial charge in [-0.15, -0.1) is 0 Å². The predicted molar refractivity (Wildman–Crippen MR) is 44.2 cm³/mol. The second-order valence-electron chi connectivity index (χ2n) is 3.59. The summed E-state index contributed by atoms with van der Waals surface area (Å²) in [6.07, 6.45) is -0.434. The van der Waals surface area contributed by atoms with E-state index in [4.69, 9.17) is 20.0 Å². The van der Waals surface area contributed by atoms with E-state index in [1.54, 1.807) is 13.8 Å². The lowest BCUT2D eigenvalue weighted by Crippen LogP contribution is -2.36. The molecule has 0 aliphatic carbocycles. The minimum Gasteiger partial charge on any atom is -0.350 e. The van der Waals surface area contributed by atoms with Crippen LogP contribution in [0.25, 0.3) is 0 Å². The molecule has 1 aliphatic rings. The summed E-state index contributed by atoms with van der Waals surface area (Å²) in [5, 5.41) is 17.5. The summed E-state index contributed by atoms with van der Waals surface area (Å²) < 4.78 is 10.6. The summed E-state index contributed by atoms with van der Waals surface area (Å²) in [6.45, 7) is 4.69. The van der Waals surface area contributed by atoms with Crippen LogP contribution < -0.4 is 0 Å². The van der Waals surface area contributed by atoms with Crippen LogP contribution in [0.3, 0.4) is 0 Å². The van der Waals surface area contributed by atoms with Gasteiger partial charge in [-0.05, 0) is 0 Å². The van der Waals surface area contributed by atoms with Crippen LogP contribution in [0.5, 0.6) is 0 Å². The highest BCUT2D eigenvalue weighted by Crippen LogP contribution is 2.34. The lowest BCUT2D eigenvalue weighted by atomic mass is 9.80. The number of ether oxygens (including phenoxy) is 2. The van der Waals surface area contributed by atoms with Gasteiger partial charge in [0.15, 0.2) is 6.29 Å². The zero-order valence-electron chi connectivity index (χ0n) is 7.78. The van der Waals surface area contributed by atoms with Crippen LogP contribution in [0.2, 0.25) is 0 Å². The summed E-state index contributed by atoms with van der Waals surface area (Å²) >= 11 is 0. The average Bonchev–Trinajstić information content (AvgIpc) is 2.58. The molecule has 1 saturated heterocycles. The van der Waals surface area contributed by atoms with E-state index < -0.39 is 17.6 Å². The molecule has 1 aliphatic heterocycles. The lowest BCUT2D eigenvalue weighted by Gasteiger charge is -2.30. The van der Waals surface area contributed by atoms with Crippen molar-refractivity contribution in [1.29, 1.82) is 10.5 Å². The Kier molecular flexibility index (Phi) is 2.87. The van der Waals surface area contributed by atoms with Gasteiger partial charge in [-0.25, -0.2) is 0 Å². The van der Waals surface area contributed by atoms with Crippen LogP contribution in [0.4, 0.5) is 0 Å². The smallest absolute Gasteiger partial charge is 0.165 e. The topological polar surface area (TPSA) is 66.0 Å². The first-order chi connectivity index (χ1) is 6.12. The van der Waals surface area contributed by atoms with Crippen LogP contribution in [0.1, 0.15) is 13.8 Å². The molecule has 0 bridgehead atoms. The first-order valence-corrected chi connectivity index (χ1v) is 4.15. The molecule has 1 heterocycles. The van der Waals surface area contributed by atoms with Crippen molar-refractivity contribution in [2.45, 2.75) is 20.1 Å². The standard InChI is InChI=1S/C9H12N2O2/c1-9(2,7(5-10)6-11)8-12-3-4-13-8/h7-8H,3-4H2,1-2H3. The van der Waals surface area contributed by atoms with Gasteiger partial charge in [0.25, 0.3) is 0 Å². The van der Waals surface area contributed by atoms with Gasteiger partial charge in [-0.3, -0.25) is 0 Å². The monoisotopic (exact) mass is 180 g/mol. The molecule has 1 rings (SSSR count). The summed E-state index contributed by atoms with van der Waals surface area (Å²) in [7, 11) is 0. The molecule has 4 heteroatoms. The summed E-state index contributed by atoms with van der Waals surface area (Å²) in [5.74, 6) is -0.699. The second-order valence-corrected chi connectivity index (χ2v) is 3.59. The van der Waals surface area contributed by atoms with Crippen LogP contribution >= 0.6 is 0 Å². The van der Waals surface area contributed by atoms with Crippen LogP contribution in [-0.2, 0) is 9.47 Å². The molecule has 0 aromatic heterocycles. The molecule has 0 amide bonds. The van der Waals surface area contributed by atoms with Crippen molar-refractivity contribution in [2.24, 2.45) is 11.3 Å². The SMILES string of the molecule is CC(C)(C(C#N)C#N)C1OCCO1. The van der Waals surface area contributed by atoms with Gasteiger partial charge in [0.2, 0.25) is 0 Å². The first-order valence-electron chi connectivity index (χ1n) is 4.15. The van der Waals surface area contributed by atoms with Crippen molar-refractivity contribution in [3.8, 4) is 12.1 Å². The van der Waals surface area contributed by atoms with Crippen molar-refractivity contribution < 1.29 is 9.47 Å². The molecule has 0 radical (unpaired) electrons. The van der Waals surface area contributed by atoms with Crippen molar-refractivity contribution in [2.75, 3.05) is 13.2 Å². The van der Waals surface area contributed by atoms with Crippen LogP contribution in [-0.4, -0.2) is 19.5 Å². The fourth-order valence-electron chi connectivity index (χ4n) is 1.29. The molecule has 1 fully saturated rings. The van der Waals surface area contributed by atoms with Crippen LogP contribution in [0, 0.1) is 34.0 Å². The maximum absolute atomic E-state index is 8.74. The Bertz CT molecular complexity index is 242. The van der Waals surface area contributed by atoms with Crippen molar-refractivity contribution >= 4 is 0 Å².